The van der Waals surface area contributed by atoms with Crippen molar-refractivity contribution in [1.82, 2.24) is 0 Å². The van der Waals surface area contributed by atoms with Crippen LogP contribution in [0.3, 0.4) is 0 Å². The van der Waals surface area contributed by atoms with Gasteiger partial charge in [0.1, 0.15) is 5.82 Å². The van der Waals surface area contributed by atoms with Gasteiger partial charge >= 0.3 is 0 Å². The Morgan fingerprint density at radius 2 is 2.00 bits per heavy atom. The highest BCUT2D eigenvalue weighted by atomic mass is 19.1. The van der Waals surface area contributed by atoms with E-state index in [4.69, 9.17) is 0 Å². The van der Waals surface area contributed by atoms with Gasteiger partial charge in [-0.2, -0.15) is 0 Å². The zero-order valence-electron chi connectivity index (χ0n) is 8.16. The number of hydrogen-bond donors (Lipinski definition) is 0. The minimum atomic E-state index is -0.262. The fourth-order valence-corrected chi connectivity index (χ4v) is 1.09. The molecule has 1 aromatic rings. The molecule has 0 aliphatic rings. The van der Waals surface area contributed by atoms with E-state index in [1.807, 2.05) is 6.92 Å². The normalized spacial score (nSPS) is 10.7. The largest absolute Gasteiger partial charge is 0.295 e. The van der Waals surface area contributed by atoms with Crippen LogP contribution >= 0.6 is 0 Å². The molecule has 0 atom stereocenters. The van der Waals surface area contributed by atoms with Crippen molar-refractivity contribution in [3.05, 3.63) is 41.7 Å². The molecule has 0 unspecified atom stereocenters. The third-order valence-electron chi connectivity index (χ3n) is 1.83. The summed E-state index contributed by atoms with van der Waals surface area (Å²) >= 11 is 0. The molecule has 0 heterocycles. The van der Waals surface area contributed by atoms with Crippen LogP contribution in [0, 0.1) is 5.82 Å². The molecule has 2 heteroatoms. The first-order valence-corrected chi connectivity index (χ1v) is 4.69. The second-order valence-electron chi connectivity index (χ2n) is 3.10. The van der Waals surface area contributed by atoms with Gasteiger partial charge < -0.3 is 0 Å². The topological polar surface area (TPSA) is 17.1 Å². The average Bonchev–Trinajstić information content (AvgIpc) is 2.17. The SMILES string of the molecule is CCCC(=O)/C=C/c1ccc(F)cc1. The number of carbonyl (C=O) groups is 1. The molecule has 0 spiro atoms. The second-order valence-corrected chi connectivity index (χ2v) is 3.10. The van der Waals surface area contributed by atoms with Crippen molar-refractivity contribution < 1.29 is 9.18 Å². The number of carbonyl (C=O) groups excluding carboxylic acids is 1. The van der Waals surface area contributed by atoms with Crippen LogP contribution < -0.4 is 0 Å². The van der Waals surface area contributed by atoms with Crippen LogP contribution in [-0.2, 0) is 4.79 Å². The van der Waals surface area contributed by atoms with Crippen molar-refractivity contribution in [2.45, 2.75) is 19.8 Å². The van der Waals surface area contributed by atoms with Crippen LogP contribution in [0.2, 0.25) is 0 Å². The van der Waals surface area contributed by atoms with Crippen molar-refractivity contribution in [1.29, 1.82) is 0 Å². The van der Waals surface area contributed by atoms with Crippen LogP contribution in [-0.4, -0.2) is 5.78 Å². The summed E-state index contributed by atoms with van der Waals surface area (Å²) in [6, 6.07) is 6.05. The number of halogens is 1. The number of allylic oxidation sites excluding steroid dienone is 1. The molecule has 0 aliphatic carbocycles. The lowest BCUT2D eigenvalue weighted by Crippen LogP contribution is -1.89. The quantitative estimate of drug-likeness (QED) is 0.669. The summed E-state index contributed by atoms with van der Waals surface area (Å²) in [5.41, 5.74) is 0.843. The van der Waals surface area contributed by atoms with Crippen LogP contribution in [0.25, 0.3) is 6.08 Å². The Labute approximate surface area is 83.3 Å². The Morgan fingerprint density at radius 1 is 1.36 bits per heavy atom. The molecule has 0 N–H and O–H groups in total. The average molecular weight is 192 g/mol. The fourth-order valence-electron chi connectivity index (χ4n) is 1.09. The van der Waals surface area contributed by atoms with Gasteiger partial charge in [-0.15, -0.1) is 0 Å². The first kappa shape index (κ1) is 10.6. The Morgan fingerprint density at radius 3 is 2.57 bits per heavy atom. The van der Waals surface area contributed by atoms with Crippen molar-refractivity contribution in [3.63, 3.8) is 0 Å². The first-order chi connectivity index (χ1) is 6.72. The summed E-state index contributed by atoms with van der Waals surface area (Å²) in [7, 11) is 0. The molecule has 0 saturated heterocycles. The highest BCUT2D eigenvalue weighted by Crippen LogP contribution is 2.05. The predicted octanol–water partition coefficient (Wildman–Crippen LogP) is 3.21. The minimum absolute atomic E-state index is 0.108. The van der Waals surface area contributed by atoms with Gasteiger partial charge in [0.15, 0.2) is 5.78 Å². The molecule has 14 heavy (non-hydrogen) atoms. The molecule has 0 bridgehead atoms. The standard InChI is InChI=1S/C12H13FO/c1-2-3-12(14)9-6-10-4-7-11(13)8-5-10/h4-9H,2-3H2,1H3/b9-6+. The molecule has 1 aromatic carbocycles. The Balaban J connectivity index is 2.60. The van der Waals surface area contributed by atoms with Crippen LogP contribution in [0.1, 0.15) is 25.3 Å². The summed E-state index contributed by atoms with van der Waals surface area (Å²) in [5, 5.41) is 0. The third-order valence-corrected chi connectivity index (χ3v) is 1.83. The van der Waals surface area contributed by atoms with Gasteiger partial charge in [0.25, 0.3) is 0 Å². The van der Waals surface area contributed by atoms with Gasteiger partial charge in [0, 0.05) is 6.42 Å². The molecule has 0 saturated carbocycles. The van der Waals surface area contributed by atoms with Gasteiger partial charge in [-0.3, -0.25) is 4.79 Å². The molecule has 1 nitrogen and oxygen atoms in total. The van der Waals surface area contributed by atoms with Crippen molar-refractivity contribution in [2.24, 2.45) is 0 Å². The Bertz CT molecular complexity index is 325. The predicted molar refractivity (Wildman–Crippen MR) is 55.3 cm³/mol. The highest BCUT2D eigenvalue weighted by molar-refractivity contribution is 5.93. The minimum Gasteiger partial charge on any atom is -0.295 e. The van der Waals surface area contributed by atoms with Crippen molar-refractivity contribution in [2.75, 3.05) is 0 Å². The molecule has 0 amide bonds. The summed E-state index contributed by atoms with van der Waals surface area (Å²) in [6.45, 7) is 1.96. The number of hydrogen-bond acceptors (Lipinski definition) is 1. The molecular weight excluding hydrogens is 179 g/mol. The highest BCUT2D eigenvalue weighted by Gasteiger charge is 1.93. The van der Waals surface area contributed by atoms with Crippen LogP contribution in [0.15, 0.2) is 30.3 Å². The zero-order valence-corrected chi connectivity index (χ0v) is 8.16. The maximum atomic E-state index is 12.5. The van der Waals surface area contributed by atoms with Gasteiger partial charge in [-0.1, -0.05) is 25.1 Å². The monoisotopic (exact) mass is 192 g/mol. The number of benzene rings is 1. The van der Waals surface area contributed by atoms with E-state index in [-0.39, 0.29) is 11.6 Å². The first-order valence-electron chi connectivity index (χ1n) is 4.69. The van der Waals surface area contributed by atoms with E-state index >= 15 is 0 Å². The molecule has 1 rings (SSSR count). The smallest absolute Gasteiger partial charge is 0.155 e. The van der Waals surface area contributed by atoms with Crippen LogP contribution in [0.4, 0.5) is 4.39 Å². The molecule has 0 aliphatic heterocycles. The molecule has 0 fully saturated rings. The van der Waals surface area contributed by atoms with E-state index in [9.17, 15) is 9.18 Å². The lowest BCUT2D eigenvalue weighted by Gasteiger charge is -1.92. The summed E-state index contributed by atoms with van der Waals surface area (Å²) in [4.78, 5) is 11.1. The van der Waals surface area contributed by atoms with E-state index in [1.54, 1.807) is 18.2 Å². The van der Waals surface area contributed by atoms with Crippen LogP contribution in [0.5, 0.6) is 0 Å². The Hall–Kier alpha value is -1.44. The van der Waals surface area contributed by atoms with Crippen molar-refractivity contribution >= 4 is 11.9 Å². The zero-order chi connectivity index (χ0) is 10.4. The molecular formula is C12H13FO. The van der Waals surface area contributed by atoms with E-state index in [2.05, 4.69) is 0 Å². The molecule has 74 valence electrons. The van der Waals surface area contributed by atoms with Gasteiger partial charge in [-0.05, 0) is 30.2 Å². The maximum Gasteiger partial charge on any atom is 0.155 e. The molecule has 0 aromatic heterocycles. The van der Waals surface area contributed by atoms with E-state index in [0.29, 0.717) is 6.42 Å². The van der Waals surface area contributed by atoms with Gasteiger partial charge in [0.05, 0.1) is 0 Å². The Kier molecular flexibility index (Phi) is 4.05. The maximum absolute atomic E-state index is 12.5. The lowest BCUT2D eigenvalue weighted by molar-refractivity contribution is -0.114. The fraction of sp³-hybridized carbons (Fsp3) is 0.250. The van der Waals surface area contributed by atoms with E-state index < -0.39 is 0 Å². The van der Waals surface area contributed by atoms with Gasteiger partial charge in [0.2, 0.25) is 0 Å². The molecule has 0 radical (unpaired) electrons. The van der Waals surface area contributed by atoms with E-state index in [1.165, 1.54) is 18.2 Å². The second kappa shape index (κ2) is 5.32. The van der Waals surface area contributed by atoms with Gasteiger partial charge in [-0.25, -0.2) is 4.39 Å². The number of rotatable bonds is 4. The third kappa shape index (κ3) is 3.52. The summed E-state index contributed by atoms with van der Waals surface area (Å²) in [6.07, 6.45) is 4.67. The lowest BCUT2D eigenvalue weighted by atomic mass is 10.1. The number of ketones is 1. The van der Waals surface area contributed by atoms with E-state index in [0.717, 1.165) is 12.0 Å². The van der Waals surface area contributed by atoms with Crippen molar-refractivity contribution in [3.8, 4) is 0 Å². The summed E-state index contributed by atoms with van der Waals surface area (Å²) in [5.74, 6) is -0.154. The summed E-state index contributed by atoms with van der Waals surface area (Å²) < 4.78 is 12.5.